The molecule has 3 N–H and O–H groups in total. The van der Waals surface area contributed by atoms with Gasteiger partial charge in [0.2, 0.25) is 5.91 Å². The summed E-state index contributed by atoms with van der Waals surface area (Å²) in [5.41, 5.74) is 5.56. The SMILES string of the molecule is CCC(C)CC(=O)NC1(CN)CCOCC1. The first-order chi connectivity index (χ1) is 7.62. The Kier molecular flexibility index (Phi) is 5.22. The van der Waals surface area contributed by atoms with Crippen molar-refractivity contribution in [2.45, 2.75) is 45.1 Å². The first kappa shape index (κ1) is 13.5. The molecule has 1 heterocycles. The molecular formula is C12H24N2O2. The number of carbonyl (C=O) groups excluding carboxylic acids is 1. The molecule has 0 bridgehead atoms. The van der Waals surface area contributed by atoms with Crippen LogP contribution in [0.1, 0.15) is 39.5 Å². The van der Waals surface area contributed by atoms with Gasteiger partial charge in [-0.15, -0.1) is 0 Å². The van der Waals surface area contributed by atoms with Crippen molar-refractivity contribution < 1.29 is 9.53 Å². The van der Waals surface area contributed by atoms with Gasteiger partial charge in [-0.1, -0.05) is 20.3 Å². The summed E-state index contributed by atoms with van der Waals surface area (Å²) in [6.45, 7) is 6.09. The summed E-state index contributed by atoms with van der Waals surface area (Å²) in [5, 5.41) is 3.10. The molecule has 1 aliphatic heterocycles. The first-order valence-electron chi connectivity index (χ1n) is 6.20. The van der Waals surface area contributed by atoms with Crippen LogP contribution in [0.5, 0.6) is 0 Å². The smallest absolute Gasteiger partial charge is 0.220 e. The molecule has 1 fully saturated rings. The molecule has 0 saturated carbocycles. The van der Waals surface area contributed by atoms with E-state index in [1.54, 1.807) is 0 Å². The summed E-state index contributed by atoms with van der Waals surface area (Å²) in [6.07, 6.45) is 3.29. The van der Waals surface area contributed by atoms with Crippen molar-refractivity contribution in [3.8, 4) is 0 Å². The Morgan fingerprint density at radius 2 is 2.12 bits per heavy atom. The molecule has 1 unspecified atom stereocenters. The lowest BCUT2D eigenvalue weighted by molar-refractivity contribution is -0.125. The van der Waals surface area contributed by atoms with Gasteiger partial charge in [0.15, 0.2) is 0 Å². The van der Waals surface area contributed by atoms with Crippen molar-refractivity contribution >= 4 is 5.91 Å². The fourth-order valence-corrected chi connectivity index (χ4v) is 1.95. The van der Waals surface area contributed by atoms with Crippen LogP contribution in [0.2, 0.25) is 0 Å². The Labute approximate surface area is 97.9 Å². The Morgan fingerprint density at radius 3 is 2.62 bits per heavy atom. The van der Waals surface area contributed by atoms with E-state index in [9.17, 15) is 4.79 Å². The molecule has 1 aliphatic rings. The quantitative estimate of drug-likeness (QED) is 0.739. The highest BCUT2D eigenvalue weighted by Gasteiger charge is 2.32. The maximum Gasteiger partial charge on any atom is 0.220 e. The second-order valence-corrected chi connectivity index (χ2v) is 4.86. The van der Waals surface area contributed by atoms with E-state index < -0.39 is 0 Å². The molecule has 0 radical (unpaired) electrons. The van der Waals surface area contributed by atoms with Gasteiger partial charge < -0.3 is 15.8 Å². The van der Waals surface area contributed by atoms with Crippen LogP contribution in [-0.4, -0.2) is 31.2 Å². The van der Waals surface area contributed by atoms with E-state index in [4.69, 9.17) is 10.5 Å². The van der Waals surface area contributed by atoms with Crippen molar-refractivity contribution in [3.63, 3.8) is 0 Å². The zero-order valence-electron chi connectivity index (χ0n) is 10.4. The molecule has 0 aromatic rings. The molecule has 0 spiro atoms. The van der Waals surface area contributed by atoms with Crippen LogP contribution in [0.4, 0.5) is 0 Å². The molecule has 0 aliphatic carbocycles. The minimum Gasteiger partial charge on any atom is -0.381 e. The van der Waals surface area contributed by atoms with Gasteiger partial charge in [0.25, 0.3) is 0 Å². The summed E-state index contributed by atoms with van der Waals surface area (Å²) in [6, 6.07) is 0. The van der Waals surface area contributed by atoms with Gasteiger partial charge in [0.05, 0.1) is 5.54 Å². The number of amides is 1. The van der Waals surface area contributed by atoms with Crippen LogP contribution in [-0.2, 0) is 9.53 Å². The molecule has 0 aromatic carbocycles. The van der Waals surface area contributed by atoms with Crippen LogP contribution in [0, 0.1) is 5.92 Å². The Bertz CT molecular complexity index is 225. The third-order valence-electron chi connectivity index (χ3n) is 3.48. The second kappa shape index (κ2) is 6.21. The van der Waals surface area contributed by atoms with Crippen LogP contribution in [0.25, 0.3) is 0 Å². The van der Waals surface area contributed by atoms with Gasteiger partial charge in [-0.3, -0.25) is 4.79 Å². The van der Waals surface area contributed by atoms with Crippen molar-refractivity contribution in [1.29, 1.82) is 0 Å². The number of nitrogens with one attached hydrogen (secondary N) is 1. The Morgan fingerprint density at radius 1 is 1.50 bits per heavy atom. The lowest BCUT2D eigenvalue weighted by Crippen LogP contribution is -2.56. The fourth-order valence-electron chi connectivity index (χ4n) is 1.95. The third-order valence-corrected chi connectivity index (χ3v) is 3.48. The van der Waals surface area contributed by atoms with Crippen molar-refractivity contribution in [2.75, 3.05) is 19.8 Å². The van der Waals surface area contributed by atoms with Gasteiger partial charge in [-0.05, 0) is 18.8 Å². The average molecular weight is 228 g/mol. The molecule has 0 aromatic heterocycles. The zero-order chi connectivity index (χ0) is 12.0. The van der Waals surface area contributed by atoms with Crippen LogP contribution < -0.4 is 11.1 Å². The highest BCUT2D eigenvalue weighted by molar-refractivity contribution is 5.77. The Hall–Kier alpha value is -0.610. The average Bonchev–Trinajstić information content (AvgIpc) is 2.29. The normalized spacial score (nSPS) is 21.4. The number of nitrogens with two attached hydrogens (primary N) is 1. The summed E-state index contributed by atoms with van der Waals surface area (Å²) in [7, 11) is 0. The van der Waals surface area contributed by atoms with Gasteiger partial charge in [0.1, 0.15) is 0 Å². The highest BCUT2D eigenvalue weighted by Crippen LogP contribution is 2.20. The topological polar surface area (TPSA) is 64.4 Å². The van der Waals surface area contributed by atoms with E-state index in [0.29, 0.717) is 32.1 Å². The maximum absolute atomic E-state index is 11.8. The van der Waals surface area contributed by atoms with Gasteiger partial charge in [-0.25, -0.2) is 0 Å². The zero-order valence-corrected chi connectivity index (χ0v) is 10.4. The molecule has 94 valence electrons. The molecular weight excluding hydrogens is 204 g/mol. The van der Waals surface area contributed by atoms with E-state index >= 15 is 0 Å². The predicted octanol–water partition coefficient (Wildman–Crippen LogP) is 1.05. The summed E-state index contributed by atoms with van der Waals surface area (Å²) < 4.78 is 5.30. The first-order valence-corrected chi connectivity index (χ1v) is 6.20. The van der Waals surface area contributed by atoms with Crippen LogP contribution in [0.15, 0.2) is 0 Å². The van der Waals surface area contributed by atoms with Gasteiger partial charge >= 0.3 is 0 Å². The van der Waals surface area contributed by atoms with Crippen LogP contribution in [0.3, 0.4) is 0 Å². The molecule has 4 heteroatoms. The highest BCUT2D eigenvalue weighted by atomic mass is 16.5. The number of rotatable bonds is 5. The summed E-state index contributed by atoms with van der Waals surface area (Å²) in [5.74, 6) is 0.566. The van der Waals surface area contributed by atoms with Crippen molar-refractivity contribution in [3.05, 3.63) is 0 Å². The minimum atomic E-state index is -0.219. The number of ether oxygens (including phenoxy) is 1. The lowest BCUT2D eigenvalue weighted by atomic mass is 9.89. The van der Waals surface area contributed by atoms with E-state index in [0.717, 1.165) is 19.3 Å². The van der Waals surface area contributed by atoms with Crippen LogP contribution >= 0.6 is 0 Å². The molecule has 1 atom stereocenters. The predicted molar refractivity (Wildman–Crippen MR) is 64.1 cm³/mol. The molecule has 1 rings (SSSR count). The number of hydrogen-bond donors (Lipinski definition) is 2. The van der Waals surface area contributed by atoms with E-state index in [-0.39, 0.29) is 11.4 Å². The van der Waals surface area contributed by atoms with E-state index in [2.05, 4.69) is 19.2 Å². The van der Waals surface area contributed by atoms with Gasteiger partial charge in [-0.2, -0.15) is 0 Å². The number of carbonyl (C=O) groups is 1. The van der Waals surface area contributed by atoms with E-state index in [1.807, 2.05) is 0 Å². The van der Waals surface area contributed by atoms with Crippen molar-refractivity contribution in [1.82, 2.24) is 5.32 Å². The lowest BCUT2D eigenvalue weighted by Gasteiger charge is -2.37. The second-order valence-electron chi connectivity index (χ2n) is 4.86. The summed E-state index contributed by atoms with van der Waals surface area (Å²) in [4.78, 5) is 11.8. The summed E-state index contributed by atoms with van der Waals surface area (Å²) >= 11 is 0. The fraction of sp³-hybridized carbons (Fsp3) is 0.917. The minimum absolute atomic E-state index is 0.127. The van der Waals surface area contributed by atoms with E-state index in [1.165, 1.54) is 0 Å². The molecule has 16 heavy (non-hydrogen) atoms. The van der Waals surface area contributed by atoms with Gasteiger partial charge in [0, 0.05) is 26.2 Å². The molecule has 1 saturated heterocycles. The molecule has 4 nitrogen and oxygen atoms in total. The standard InChI is InChI=1S/C12H24N2O2/c1-3-10(2)8-11(15)14-12(9-13)4-6-16-7-5-12/h10H,3-9,13H2,1-2H3,(H,14,15). The third kappa shape index (κ3) is 3.76. The Balaban J connectivity index is 2.45. The monoisotopic (exact) mass is 228 g/mol. The maximum atomic E-state index is 11.8. The number of hydrogen-bond acceptors (Lipinski definition) is 3. The molecule has 1 amide bonds. The largest absolute Gasteiger partial charge is 0.381 e. The van der Waals surface area contributed by atoms with Crippen molar-refractivity contribution in [2.24, 2.45) is 11.7 Å².